The number of aliphatic hydroxyl groups is 1. The van der Waals surface area contributed by atoms with Gasteiger partial charge in [-0.2, -0.15) is 0 Å². The molecule has 3 aliphatic rings. The molecule has 0 aromatic heterocycles. The van der Waals surface area contributed by atoms with E-state index in [1.165, 1.54) is 0 Å². The largest absolute Gasteiger partial charge is 0.493 e. The zero-order valence-electron chi connectivity index (χ0n) is 17.0. The molecule has 1 heterocycles. The molecule has 0 amide bonds. The molecular weight excluding hydrogens is 366 g/mol. The lowest BCUT2D eigenvalue weighted by Crippen LogP contribution is -2.72. The number of rotatable bonds is 3. The van der Waals surface area contributed by atoms with E-state index in [2.05, 4.69) is 18.0 Å². The Morgan fingerprint density at radius 2 is 1.93 bits per heavy atom. The van der Waals surface area contributed by atoms with Crippen LogP contribution < -0.4 is 9.47 Å². The molecule has 2 aromatic rings. The third-order valence-electron chi connectivity index (χ3n) is 7.37. The number of likely N-dealkylation sites (tertiary alicyclic amines) is 1. The van der Waals surface area contributed by atoms with Crippen LogP contribution in [-0.2, 0) is 16.6 Å². The molecule has 152 valence electrons. The van der Waals surface area contributed by atoms with Crippen molar-refractivity contribution in [2.75, 3.05) is 20.7 Å². The summed E-state index contributed by atoms with van der Waals surface area (Å²) in [7, 11) is 3.72. The Labute approximate surface area is 171 Å². The lowest BCUT2D eigenvalue weighted by molar-refractivity contribution is -0.169. The van der Waals surface area contributed by atoms with Crippen molar-refractivity contribution in [2.24, 2.45) is 0 Å². The van der Waals surface area contributed by atoms with Crippen molar-refractivity contribution in [3.63, 3.8) is 0 Å². The molecule has 2 aromatic carbocycles. The second-order valence-corrected chi connectivity index (χ2v) is 8.72. The maximum atomic E-state index is 12.7. The SMILES string of the molecule is COc1ccc2c(c1Oc1ccccc1)[C@]13CCN(C)[C@H](C2)[C@]1(O)CCC(=O)C3. The Hall–Kier alpha value is -2.37. The zero-order chi connectivity index (χ0) is 20.2. The molecule has 29 heavy (non-hydrogen) atoms. The van der Waals surface area contributed by atoms with Crippen LogP contribution in [0.4, 0.5) is 0 Å². The summed E-state index contributed by atoms with van der Waals surface area (Å²) in [6, 6.07) is 13.7. The molecule has 0 spiro atoms. The van der Waals surface area contributed by atoms with Crippen LogP contribution in [0.3, 0.4) is 0 Å². The van der Waals surface area contributed by atoms with Gasteiger partial charge in [0.1, 0.15) is 11.5 Å². The van der Waals surface area contributed by atoms with Gasteiger partial charge in [0.2, 0.25) is 0 Å². The summed E-state index contributed by atoms with van der Waals surface area (Å²) >= 11 is 0. The van der Waals surface area contributed by atoms with Gasteiger partial charge < -0.3 is 19.5 Å². The molecule has 5 rings (SSSR count). The highest BCUT2D eigenvalue weighted by molar-refractivity contribution is 5.83. The highest BCUT2D eigenvalue weighted by Crippen LogP contribution is 2.60. The van der Waals surface area contributed by atoms with E-state index < -0.39 is 11.0 Å². The molecule has 5 heteroatoms. The first-order valence-electron chi connectivity index (χ1n) is 10.4. The van der Waals surface area contributed by atoms with E-state index in [-0.39, 0.29) is 11.8 Å². The smallest absolute Gasteiger partial charge is 0.173 e. The van der Waals surface area contributed by atoms with Crippen molar-refractivity contribution in [3.05, 3.63) is 53.6 Å². The average molecular weight is 393 g/mol. The van der Waals surface area contributed by atoms with Gasteiger partial charge in [0.05, 0.1) is 12.7 Å². The number of benzene rings is 2. The predicted octanol–water partition coefficient (Wildman–Crippen LogP) is 3.47. The minimum Gasteiger partial charge on any atom is -0.493 e. The van der Waals surface area contributed by atoms with Gasteiger partial charge >= 0.3 is 0 Å². The summed E-state index contributed by atoms with van der Waals surface area (Å²) in [6.45, 7) is 0.849. The normalized spacial score (nSPS) is 31.0. The lowest BCUT2D eigenvalue weighted by atomic mass is 9.49. The number of likely N-dealkylation sites (N-methyl/N-ethyl adjacent to an activating group) is 1. The second-order valence-electron chi connectivity index (χ2n) is 8.72. The highest BCUT2D eigenvalue weighted by atomic mass is 16.5. The third-order valence-corrected chi connectivity index (χ3v) is 7.37. The molecule has 0 radical (unpaired) electrons. The van der Waals surface area contributed by atoms with E-state index >= 15 is 0 Å². The number of hydrogen-bond donors (Lipinski definition) is 1. The number of para-hydroxylation sites is 1. The van der Waals surface area contributed by atoms with Crippen LogP contribution in [0.15, 0.2) is 42.5 Å². The van der Waals surface area contributed by atoms with Crippen molar-refractivity contribution in [2.45, 2.75) is 49.2 Å². The van der Waals surface area contributed by atoms with E-state index in [0.717, 1.165) is 36.3 Å². The van der Waals surface area contributed by atoms with Gasteiger partial charge in [-0.05, 0) is 56.6 Å². The van der Waals surface area contributed by atoms with Crippen molar-refractivity contribution in [1.82, 2.24) is 4.90 Å². The van der Waals surface area contributed by atoms with Crippen LogP contribution in [0.25, 0.3) is 0 Å². The standard InChI is InChI=1S/C24H27NO4/c1-25-13-12-23-15-17(26)10-11-24(23,27)20(25)14-16-8-9-19(28-2)22(21(16)23)29-18-6-4-3-5-7-18/h3-9,20,27H,10-15H2,1-2H3/t20-,23-,24-/m1/s1. The summed E-state index contributed by atoms with van der Waals surface area (Å²) in [5, 5.41) is 12.1. The number of piperidine rings is 1. The first-order chi connectivity index (χ1) is 14.0. The molecule has 1 saturated heterocycles. The Kier molecular flexibility index (Phi) is 4.23. The highest BCUT2D eigenvalue weighted by Gasteiger charge is 2.65. The van der Waals surface area contributed by atoms with Gasteiger partial charge in [0.15, 0.2) is 11.5 Å². The molecule has 2 fully saturated rings. The Balaban J connectivity index is 1.76. The van der Waals surface area contributed by atoms with Crippen LogP contribution in [0, 0.1) is 0 Å². The number of ketones is 1. The molecule has 3 atom stereocenters. The van der Waals surface area contributed by atoms with Gasteiger partial charge in [-0.25, -0.2) is 0 Å². The number of methoxy groups -OCH3 is 1. The van der Waals surface area contributed by atoms with Crippen molar-refractivity contribution in [3.8, 4) is 17.2 Å². The van der Waals surface area contributed by atoms with E-state index in [1.54, 1.807) is 7.11 Å². The summed E-state index contributed by atoms with van der Waals surface area (Å²) in [6.07, 6.45) is 2.78. The van der Waals surface area contributed by atoms with Crippen molar-refractivity contribution < 1.29 is 19.4 Å². The first-order valence-corrected chi connectivity index (χ1v) is 10.4. The topological polar surface area (TPSA) is 59.0 Å². The molecule has 2 bridgehead atoms. The fourth-order valence-electron chi connectivity index (χ4n) is 5.96. The molecule has 2 aliphatic carbocycles. The maximum Gasteiger partial charge on any atom is 0.173 e. The molecule has 1 saturated carbocycles. The summed E-state index contributed by atoms with van der Waals surface area (Å²) in [5.74, 6) is 2.22. The minimum atomic E-state index is -0.942. The number of carbonyl (C=O) groups is 1. The summed E-state index contributed by atoms with van der Waals surface area (Å²) < 4.78 is 12.1. The van der Waals surface area contributed by atoms with Crippen LogP contribution in [-0.4, -0.2) is 48.1 Å². The lowest BCUT2D eigenvalue weighted by Gasteiger charge is -2.62. The quantitative estimate of drug-likeness (QED) is 0.865. The number of Topliss-reactive ketones (excluding diaryl/α,β-unsaturated/α-hetero) is 1. The number of fused-ring (bicyclic) bond motifs is 1. The van der Waals surface area contributed by atoms with E-state index in [9.17, 15) is 9.90 Å². The van der Waals surface area contributed by atoms with Crippen LogP contribution in [0.5, 0.6) is 17.2 Å². The van der Waals surface area contributed by atoms with E-state index in [0.29, 0.717) is 30.8 Å². The Morgan fingerprint density at radius 3 is 2.69 bits per heavy atom. The predicted molar refractivity (Wildman–Crippen MR) is 110 cm³/mol. The van der Waals surface area contributed by atoms with E-state index in [1.807, 2.05) is 36.4 Å². The molecule has 1 aliphatic heterocycles. The van der Waals surface area contributed by atoms with Gasteiger partial charge in [0.25, 0.3) is 0 Å². The van der Waals surface area contributed by atoms with Crippen LogP contribution >= 0.6 is 0 Å². The number of carbonyl (C=O) groups excluding carboxylic acids is 1. The number of hydrogen-bond acceptors (Lipinski definition) is 5. The third kappa shape index (κ3) is 2.57. The van der Waals surface area contributed by atoms with Crippen molar-refractivity contribution >= 4 is 5.78 Å². The van der Waals surface area contributed by atoms with Gasteiger partial charge in [-0.1, -0.05) is 24.3 Å². The minimum absolute atomic E-state index is 0.00909. The van der Waals surface area contributed by atoms with Crippen LogP contribution in [0.1, 0.15) is 36.8 Å². The number of ether oxygens (including phenoxy) is 2. The van der Waals surface area contributed by atoms with Gasteiger partial charge in [-0.3, -0.25) is 4.79 Å². The molecule has 5 nitrogen and oxygen atoms in total. The van der Waals surface area contributed by atoms with E-state index in [4.69, 9.17) is 9.47 Å². The number of nitrogens with zero attached hydrogens (tertiary/aromatic N) is 1. The first kappa shape index (κ1) is 18.6. The fourth-order valence-corrected chi connectivity index (χ4v) is 5.96. The second kappa shape index (κ2) is 6.57. The Bertz CT molecular complexity index is 959. The zero-order valence-corrected chi connectivity index (χ0v) is 17.0. The Morgan fingerprint density at radius 1 is 1.14 bits per heavy atom. The van der Waals surface area contributed by atoms with Crippen molar-refractivity contribution in [1.29, 1.82) is 0 Å². The monoisotopic (exact) mass is 393 g/mol. The average Bonchev–Trinajstić information content (AvgIpc) is 2.72. The molecule has 1 N–H and O–H groups in total. The van der Waals surface area contributed by atoms with Gasteiger partial charge in [-0.15, -0.1) is 0 Å². The fraction of sp³-hybridized carbons (Fsp3) is 0.458. The maximum absolute atomic E-state index is 12.7. The molecule has 0 unspecified atom stereocenters. The van der Waals surface area contributed by atoms with Gasteiger partial charge in [0, 0.05) is 29.9 Å². The summed E-state index contributed by atoms with van der Waals surface area (Å²) in [5.41, 5.74) is 0.543. The van der Waals surface area contributed by atoms with Crippen LogP contribution in [0.2, 0.25) is 0 Å². The summed E-state index contributed by atoms with van der Waals surface area (Å²) in [4.78, 5) is 14.9. The molecular formula is C24H27NO4.